The van der Waals surface area contributed by atoms with Crippen molar-refractivity contribution in [3.8, 4) is 0 Å². The molecule has 45 heavy (non-hydrogen) atoms. The Morgan fingerprint density at radius 3 is 1.36 bits per heavy atom. The largest absolute Gasteiger partial charge is 0.462 e. The molecule has 0 bridgehead atoms. The summed E-state index contributed by atoms with van der Waals surface area (Å²) in [6, 6.07) is 0. The standard InChI is InChI=1S/C39H68O6/c1-4-7-10-13-16-17-18-19-20-21-24-26-29-32-38(41)44-35-36(45-39(42)33-30-27-23-15-12-9-6-3)34-43-37(40)31-28-25-22-14-11-8-5-2/h7,10,16-17,19-20,36H,4-6,8-9,11-15,18,21-35H2,1-3H3/b10-7-,17-16-,20-19-. The Bertz CT molecular complexity index is 784. The molecule has 0 radical (unpaired) electrons. The Kier molecular flexibility index (Phi) is 32.7. The molecule has 0 aromatic heterocycles. The average Bonchev–Trinajstić information content (AvgIpc) is 3.03. The van der Waals surface area contributed by atoms with Crippen LogP contribution in [-0.2, 0) is 28.6 Å². The SMILES string of the molecule is CC/C=C\C/C=C\C/C=C\CCCCCC(=O)OCC(COC(=O)CCCCCCCCC)OC(=O)CCCCCCCCC. The molecule has 0 aliphatic rings. The number of ether oxygens (including phenoxy) is 3. The van der Waals surface area contributed by atoms with Crippen molar-refractivity contribution in [3.63, 3.8) is 0 Å². The average molecular weight is 633 g/mol. The van der Waals surface area contributed by atoms with E-state index in [-0.39, 0.29) is 31.1 Å². The van der Waals surface area contributed by atoms with E-state index < -0.39 is 6.10 Å². The second-order valence-corrected chi connectivity index (χ2v) is 12.1. The van der Waals surface area contributed by atoms with Crippen molar-refractivity contribution in [1.82, 2.24) is 0 Å². The molecule has 0 saturated carbocycles. The number of rotatable bonds is 32. The fourth-order valence-corrected chi connectivity index (χ4v) is 4.86. The van der Waals surface area contributed by atoms with E-state index in [4.69, 9.17) is 14.2 Å². The van der Waals surface area contributed by atoms with Gasteiger partial charge in [-0.25, -0.2) is 0 Å². The summed E-state index contributed by atoms with van der Waals surface area (Å²) in [6.45, 7) is 6.37. The Morgan fingerprint density at radius 1 is 0.467 bits per heavy atom. The Balaban J connectivity index is 4.37. The minimum absolute atomic E-state index is 0.0810. The van der Waals surface area contributed by atoms with E-state index in [0.717, 1.165) is 83.5 Å². The quantitative estimate of drug-likeness (QED) is 0.0318. The fraction of sp³-hybridized carbons (Fsp3) is 0.769. The zero-order valence-electron chi connectivity index (χ0n) is 29.4. The van der Waals surface area contributed by atoms with Gasteiger partial charge in [-0.1, -0.05) is 141 Å². The molecule has 0 fully saturated rings. The van der Waals surface area contributed by atoms with Gasteiger partial charge in [0.15, 0.2) is 6.10 Å². The number of carbonyl (C=O) groups excluding carboxylic acids is 3. The molecule has 0 saturated heterocycles. The van der Waals surface area contributed by atoms with Gasteiger partial charge in [-0.3, -0.25) is 14.4 Å². The van der Waals surface area contributed by atoms with E-state index in [1.807, 2.05) is 0 Å². The molecular formula is C39H68O6. The first-order valence-corrected chi connectivity index (χ1v) is 18.5. The first-order chi connectivity index (χ1) is 22.0. The minimum atomic E-state index is -0.772. The number of hydrogen-bond donors (Lipinski definition) is 0. The summed E-state index contributed by atoms with van der Waals surface area (Å²) in [6.07, 6.45) is 35.8. The minimum Gasteiger partial charge on any atom is -0.462 e. The maximum atomic E-state index is 12.5. The van der Waals surface area contributed by atoms with Gasteiger partial charge in [-0.15, -0.1) is 0 Å². The molecule has 6 heteroatoms. The van der Waals surface area contributed by atoms with Gasteiger partial charge in [0.1, 0.15) is 13.2 Å². The lowest BCUT2D eigenvalue weighted by atomic mass is 10.1. The molecule has 0 rings (SSSR count). The molecule has 6 nitrogen and oxygen atoms in total. The fourth-order valence-electron chi connectivity index (χ4n) is 4.86. The molecule has 0 heterocycles. The van der Waals surface area contributed by atoms with Gasteiger partial charge in [0.2, 0.25) is 0 Å². The lowest BCUT2D eigenvalue weighted by Gasteiger charge is -2.18. The summed E-state index contributed by atoms with van der Waals surface area (Å²) < 4.78 is 16.5. The van der Waals surface area contributed by atoms with E-state index in [1.165, 1.54) is 51.4 Å². The van der Waals surface area contributed by atoms with Gasteiger partial charge in [0.25, 0.3) is 0 Å². The highest BCUT2D eigenvalue weighted by Crippen LogP contribution is 2.12. The molecule has 1 atom stereocenters. The summed E-state index contributed by atoms with van der Waals surface area (Å²) in [5, 5.41) is 0. The summed E-state index contributed by atoms with van der Waals surface area (Å²) >= 11 is 0. The van der Waals surface area contributed by atoms with Crippen LogP contribution in [0, 0.1) is 0 Å². The topological polar surface area (TPSA) is 78.9 Å². The monoisotopic (exact) mass is 633 g/mol. The van der Waals surface area contributed by atoms with Gasteiger partial charge < -0.3 is 14.2 Å². The first kappa shape index (κ1) is 42.6. The van der Waals surface area contributed by atoms with Crippen LogP contribution in [0.15, 0.2) is 36.5 Å². The van der Waals surface area contributed by atoms with Crippen molar-refractivity contribution >= 4 is 17.9 Å². The van der Waals surface area contributed by atoms with E-state index in [9.17, 15) is 14.4 Å². The summed E-state index contributed by atoms with van der Waals surface area (Å²) in [5.74, 6) is -0.933. The van der Waals surface area contributed by atoms with Crippen LogP contribution in [0.2, 0.25) is 0 Å². The number of unbranched alkanes of at least 4 members (excludes halogenated alkanes) is 15. The van der Waals surface area contributed by atoms with Crippen molar-refractivity contribution < 1.29 is 28.6 Å². The van der Waals surface area contributed by atoms with Crippen molar-refractivity contribution in [2.24, 2.45) is 0 Å². The van der Waals surface area contributed by atoms with Crippen LogP contribution < -0.4 is 0 Å². The smallest absolute Gasteiger partial charge is 0.306 e. The van der Waals surface area contributed by atoms with Gasteiger partial charge in [-0.2, -0.15) is 0 Å². The molecule has 0 aromatic rings. The second kappa shape index (κ2) is 34.5. The highest BCUT2D eigenvalue weighted by molar-refractivity contribution is 5.71. The number of allylic oxidation sites excluding steroid dienone is 6. The molecule has 0 aromatic carbocycles. The van der Waals surface area contributed by atoms with Crippen LogP contribution >= 0.6 is 0 Å². The number of carbonyl (C=O) groups is 3. The van der Waals surface area contributed by atoms with Gasteiger partial charge in [-0.05, 0) is 51.4 Å². The van der Waals surface area contributed by atoms with Gasteiger partial charge in [0, 0.05) is 19.3 Å². The lowest BCUT2D eigenvalue weighted by molar-refractivity contribution is -0.167. The highest BCUT2D eigenvalue weighted by atomic mass is 16.6. The van der Waals surface area contributed by atoms with Crippen molar-refractivity contribution in [2.75, 3.05) is 13.2 Å². The molecule has 0 N–H and O–H groups in total. The summed E-state index contributed by atoms with van der Waals surface area (Å²) in [7, 11) is 0. The van der Waals surface area contributed by atoms with E-state index in [0.29, 0.717) is 19.3 Å². The van der Waals surface area contributed by atoms with Crippen LogP contribution in [0.5, 0.6) is 0 Å². The Morgan fingerprint density at radius 2 is 0.867 bits per heavy atom. The van der Waals surface area contributed by atoms with Crippen LogP contribution in [0.25, 0.3) is 0 Å². The van der Waals surface area contributed by atoms with Crippen LogP contribution in [0.4, 0.5) is 0 Å². The Hall–Kier alpha value is -2.37. The van der Waals surface area contributed by atoms with Gasteiger partial charge in [0.05, 0.1) is 0 Å². The second-order valence-electron chi connectivity index (χ2n) is 12.1. The molecular weight excluding hydrogens is 564 g/mol. The Labute approximate surface area is 276 Å². The van der Waals surface area contributed by atoms with E-state index >= 15 is 0 Å². The van der Waals surface area contributed by atoms with Crippen molar-refractivity contribution in [3.05, 3.63) is 36.5 Å². The van der Waals surface area contributed by atoms with Crippen molar-refractivity contribution in [2.45, 2.75) is 181 Å². The van der Waals surface area contributed by atoms with E-state index in [2.05, 4.69) is 57.2 Å². The van der Waals surface area contributed by atoms with E-state index in [1.54, 1.807) is 0 Å². The van der Waals surface area contributed by atoms with Crippen LogP contribution in [0.3, 0.4) is 0 Å². The molecule has 1 unspecified atom stereocenters. The molecule has 260 valence electrons. The van der Waals surface area contributed by atoms with Gasteiger partial charge >= 0.3 is 17.9 Å². The lowest BCUT2D eigenvalue weighted by Crippen LogP contribution is -2.30. The maximum Gasteiger partial charge on any atom is 0.306 e. The highest BCUT2D eigenvalue weighted by Gasteiger charge is 2.19. The maximum absolute atomic E-state index is 12.5. The molecule has 0 spiro atoms. The predicted molar refractivity (Wildman–Crippen MR) is 187 cm³/mol. The number of hydrogen-bond acceptors (Lipinski definition) is 6. The summed E-state index contributed by atoms with van der Waals surface area (Å²) in [5.41, 5.74) is 0. The predicted octanol–water partition coefficient (Wildman–Crippen LogP) is 11.1. The third-order valence-electron chi connectivity index (χ3n) is 7.66. The molecule has 0 aliphatic carbocycles. The molecule has 0 amide bonds. The van der Waals surface area contributed by atoms with Crippen LogP contribution in [0.1, 0.15) is 175 Å². The zero-order chi connectivity index (χ0) is 33.1. The first-order valence-electron chi connectivity index (χ1n) is 18.5. The molecule has 0 aliphatic heterocycles. The van der Waals surface area contributed by atoms with Crippen LogP contribution in [-0.4, -0.2) is 37.2 Å². The third-order valence-corrected chi connectivity index (χ3v) is 7.66. The zero-order valence-corrected chi connectivity index (χ0v) is 29.4. The normalized spacial score (nSPS) is 12.3. The third kappa shape index (κ3) is 32.8. The number of esters is 3. The summed E-state index contributed by atoms with van der Waals surface area (Å²) in [4.78, 5) is 37.1. The van der Waals surface area contributed by atoms with Crippen molar-refractivity contribution in [1.29, 1.82) is 0 Å².